The van der Waals surface area contributed by atoms with Crippen molar-refractivity contribution < 1.29 is 14.3 Å². The summed E-state index contributed by atoms with van der Waals surface area (Å²) in [5.74, 6) is 0.403. The molecule has 0 radical (unpaired) electrons. The van der Waals surface area contributed by atoms with Crippen LogP contribution in [0.25, 0.3) is 0 Å². The Labute approximate surface area is 178 Å². The van der Waals surface area contributed by atoms with E-state index >= 15 is 0 Å². The van der Waals surface area contributed by atoms with E-state index in [-0.39, 0.29) is 17.7 Å². The summed E-state index contributed by atoms with van der Waals surface area (Å²) in [5, 5.41) is 2.92. The van der Waals surface area contributed by atoms with E-state index in [0.29, 0.717) is 24.4 Å². The van der Waals surface area contributed by atoms with E-state index in [2.05, 4.69) is 15.2 Å². The van der Waals surface area contributed by atoms with E-state index in [4.69, 9.17) is 4.74 Å². The van der Waals surface area contributed by atoms with Gasteiger partial charge in [0.1, 0.15) is 11.8 Å². The van der Waals surface area contributed by atoms with Crippen molar-refractivity contribution in [2.24, 2.45) is 5.92 Å². The van der Waals surface area contributed by atoms with E-state index in [1.807, 2.05) is 36.9 Å². The van der Waals surface area contributed by atoms with Gasteiger partial charge in [0.15, 0.2) is 0 Å². The van der Waals surface area contributed by atoms with Crippen molar-refractivity contribution in [3.05, 3.63) is 59.9 Å². The Hall–Kier alpha value is -2.93. The number of piperazine rings is 1. The molecule has 0 bridgehead atoms. The third-order valence-corrected chi connectivity index (χ3v) is 5.37. The summed E-state index contributed by atoms with van der Waals surface area (Å²) >= 11 is 0. The van der Waals surface area contributed by atoms with Crippen LogP contribution in [0.3, 0.4) is 0 Å². The lowest BCUT2D eigenvalue weighted by Crippen LogP contribution is -2.56. The van der Waals surface area contributed by atoms with Crippen LogP contribution in [-0.4, -0.2) is 65.9 Å². The first kappa shape index (κ1) is 21.8. The second-order valence-corrected chi connectivity index (χ2v) is 7.85. The van der Waals surface area contributed by atoms with Crippen molar-refractivity contribution >= 4 is 11.8 Å². The lowest BCUT2D eigenvalue weighted by Gasteiger charge is -2.37. The van der Waals surface area contributed by atoms with Crippen LogP contribution in [0.5, 0.6) is 5.75 Å². The van der Waals surface area contributed by atoms with Crippen LogP contribution < -0.4 is 10.1 Å². The Morgan fingerprint density at radius 3 is 2.33 bits per heavy atom. The van der Waals surface area contributed by atoms with E-state index in [1.165, 1.54) is 0 Å². The van der Waals surface area contributed by atoms with Crippen molar-refractivity contribution in [3.8, 4) is 5.75 Å². The van der Waals surface area contributed by atoms with E-state index < -0.39 is 6.04 Å². The molecule has 2 heterocycles. The Morgan fingerprint density at radius 1 is 1.07 bits per heavy atom. The summed E-state index contributed by atoms with van der Waals surface area (Å²) in [5.41, 5.74) is 1.54. The van der Waals surface area contributed by atoms with E-state index in [1.54, 1.807) is 37.6 Å². The molecular formula is C23H30N4O3. The normalized spacial score (nSPS) is 15.7. The summed E-state index contributed by atoms with van der Waals surface area (Å²) in [7, 11) is 1.58. The van der Waals surface area contributed by atoms with Crippen LogP contribution in [0.15, 0.2) is 48.7 Å². The van der Waals surface area contributed by atoms with E-state index in [0.717, 1.165) is 25.3 Å². The molecule has 0 aliphatic carbocycles. The number of nitrogens with zero attached hydrogens (tertiary/aromatic N) is 3. The average molecular weight is 411 g/mol. The quantitative estimate of drug-likeness (QED) is 0.757. The molecule has 1 aromatic heterocycles. The molecule has 30 heavy (non-hydrogen) atoms. The summed E-state index contributed by atoms with van der Waals surface area (Å²) in [6, 6.07) is 12.2. The number of hydrogen-bond donors (Lipinski definition) is 1. The maximum atomic E-state index is 13.1. The fourth-order valence-electron chi connectivity index (χ4n) is 3.52. The number of carbonyl (C=O) groups excluding carboxylic acids is 2. The second-order valence-electron chi connectivity index (χ2n) is 7.85. The van der Waals surface area contributed by atoms with Gasteiger partial charge in [-0.3, -0.25) is 19.5 Å². The first-order valence-corrected chi connectivity index (χ1v) is 10.3. The Morgan fingerprint density at radius 2 is 1.77 bits per heavy atom. The third-order valence-electron chi connectivity index (χ3n) is 5.37. The highest BCUT2D eigenvalue weighted by Gasteiger charge is 2.31. The van der Waals surface area contributed by atoms with Crippen molar-refractivity contribution in [2.75, 3.05) is 33.3 Å². The van der Waals surface area contributed by atoms with Crippen LogP contribution >= 0.6 is 0 Å². The number of carbonyl (C=O) groups is 2. The van der Waals surface area contributed by atoms with Gasteiger partial charge in [0.2, 0.25) is 5.91 Å². The van der Waals surface area contributed by atoms with Gasteiger partial charge in [0.25, 0.3) is 5.91 Å². The molecule has 1 fully saturated rings. The van der Waals surface area contributed by atoms with E-state index in [9.17, 15) is 9.59 Å². The highest BCUT2D eigenvalue weighted by Crippen LogP contribution is 2.14. The molecule has 7 nitrogen and oxygen atoms in total. The number of aromatic nitrogens is 1. The largest absolute Gasteiger partial charge is 0.497 e. The molecule has 1 aliphatic rings. The molecule has 1 unspecified atom stereocenters. The Kier molecular flexibility index (Phi) is 7.41. The molecular weight excluding hydrogens is 380 g/mol. The maximum absolute atomic E-state index is 13.1. The van der Waals surface area contributed by atoms with Gasteiger partial charge in [-0.1, -0.05) is 19.9 Å². The molecule has 0 saturated carbocycles. The number of amides is 2. The molecule has 1 atom stereocenters. The Balaban J connectivity index is 1.56. The predicted octanol–water partition coefficient (Wildman–Crippen LogP) is 2.19. The van der Waals surface area contributed by atoms with Gasteiger partial charge in [-0.05, 0) is 42.3 Å². The van der Waals surface area contributed by atoms with Crippen molar-refractivity contribution in [1.29, 1.82) is 0 Å². The number of rotatable bonds is 7. The summed E-state index contributed by atoms with van der Waals surface area (Å²) < 4.78 is 5.13. The molecule has 3 rings (SSSR count). The smallest absolute Gasteiger partial charge is 0.251 e. The summed E-state index contributed by atoms with van der Waals surface area (Å²) in [6.07, 6.45) is 1.80. The molecule has 1 N–H and O–H groups in total. The zero-order valence-corrected chi connectivity index (χ0v) is 17.9. The van der Waals surface area contributed by atoms with Crippen LogP contribution in [0.1, 0.15) is 29.9 Å². The van der Waals surface area contributed by atoms with Crippen molar-refractivity contribution in [1.82, 2.24) is 20.1 Å². The highest BCUT2D eigenvalue weighted by atomic mass is 16.5. The van der Waals surface area contributed by atoms with Crippen LogP contribution in [0.2, 0.25) is 0 Å². The third kappa shape index (κ3) is 5.57. The zero-order chi connectivity index (χ0) is 21.5. The fourth-order valence-corrected chi connectivity index (χ4v) is 3.52. The van der Waals surface area contributed by atoms with Crippen molar-refractivity contribution in [3.63, 3.8) is 0 Å². The lowest BCUT2D eigenvalue weighted by atomic mass is 10.0. The topological polar surface area (TPSA) is 74.8 Å². The van der Waals surface area contributed by atoms with Gasteiger partial charge < -0.3 is 15.0 Å². The van der Waals surface area contributed by atoms with Crippen LogP contribution in [0, 0.1) is 5.92 Å². The summed E-state index contributed by atoms with van der Waals surface area (Å²) in [4.78, 5) is 34.3. The predicted molar refractivity (Wildman–Crippen MR) is 115 cm³/mol. The Bertz CT molecular complexity index is 831. The second kappa shape index (κ2) is 10.2. The minimum Gasteiger partial charge on any atom is -0.497 e. The minimum atomic E-state index is -0.554. The number of ether oxygens (including phenoxy) is 1. The maximum Gasteiger partial charge on any atom is 0.251 e. The average Bonchev–Trinajstić information content (AvgIpc) is 2.78. The van der Waals surface area contributed by atoms with Crippen LogP contribution in [-0.2, 0) is 11.3 Å². The number of methoxy groups -OCH3 is 1. The molecule has 7 heteroatoms. The number of benzene rings is 1. The molecule has 0 spiro atoms. The lowest BCUT2D eigenvalue weighted by molar-refractivity contribution is -0.136. The van der Waals surface area contributed by atoms with Gasteiger partial charge in [0.05, 0.1) is 12.8 Å². The molecule has 160 valence electrons. The molecule has 1 aliphatic heterocycles. The molecule has 2 aromatic rings. The standard InChI is InChI=1S/C23H30N4O3/c1-17(2)21(25-22(28)18-7-9-20(30-3)10-8-18)23(29)27-14-12-26(13-15-27)16-19-6-4-5-11-24-19/h4-11,17,21H,12-16H2,1-3H3,(H,25,28). The fraction of sp³-hybridized carbons (Fsp3) is 0.435. The highest BCUT2D eigenvalue weighted by molar-refractivity contribution is 5.97. The number of pyridine rings is 1. The van der Waals surface area contributed by atoms with Gasteiger partial charge >= 0.3 is 0 Å². The first-order valence-electron chi connectivity index (χ1n) is 10.3. The molecule has 2 amide bonds. The van der Waals surface area contributed by atoms with Gasteiger partial charge in [-0.2, -0.15) is 0 Å². The molecule has 1 aromatic carbocycles. The van der Waals surface area contributed by atoms with Gasteiger partial charge in [-0.15, -0.1) is 0 Å². The first-order chi connectivity index (χ1) is 14.5. The zero-order valence-electron chi connectivity index (χ0n) is 17.9. The van der Waals surface area contributed by atoms with Crippen LogP contribution in [0.4, 0.5) is 0 Å². The molecule has 1 saturated heterocycles. The number of nitrogens with one attached hydrogen (secondary N) is 1. The number of hydrogen-bond acceptors (Lipinski definition) is 5. The minimum absolute atomic E-state index is 0.00810. The monoisotopic (exact) mass is 410 g/mol. The van der Waals surface area contributed by atoms with Crippen molar-refractivity contribution in [2.45, 2.75) is 26.4 Å². The van der Waals surface area contributed by atoms with Gasteiger partial charge in [-0.25, -0.2) is 0 Å². The summed E-state index contributed by atoms with van der Waals surface area (Å²) in [6.45, 7) is 7.56. The van der Waals surface area contributed by atoms with Gasteiger partial charge in [0, 0.05) is 44.5 Å². The SMILES string of the molecule is COc1ccc(C(=O)NC(C(=O)N2CCN(Cc3ccccn3)CC2)C(C)C)cc1.